The van der Waals surface area contributed by atoms with Crippen molar-refractivity contribution < 1.29 is 9.63 Å². The molecule has 0 radical (unpaired) electrons. The monoisotopic (exact) mass is 234 g/mol. The van der Waals surface area contributed by atoms with E-state index in [-0.39, 0.29) is 5.02 Å². The van der Waals surface area contributed by atoms with Crippen LogP contribution in [0.5, 0.6) is 0 Å². The highest BCUT2D eigenvalue weighted by molar-refractivity contribution is 6.43. The van der Waals surface area contributed by atoms with Gasteiger partial charge < -0.3 is 5.73 Å². The Bertz CT molecular complexity index is 357. The quantitative estimate of drug-likeness (QED) is 0.800. The van der Waals surface area contributed by atoms with E-state index in [0.29, 0.717) is 10.7 Å². The molecule has 0 heterocycles. The van der Waals surface area contributed by atoms with Gasteiger partial charge in [0.2, 0.25) is 0 Å². The van der Waals surface area contributed by atoms with E-state index >= 15 is 0 Å². The fraction of sp³-hybridized carbons (Fsp3) is 0.125. The summed E-state index contributed by atoms with van der Waals surface area (Å²) in [6.07, 6.45) is 0. The SMILES string of the molecule is CON(C(N)=O)c1cccc(Cl)c1Cl. The van der Waals surface area contributed by atoms with Gasteiger partial charge in [-0.15, -0.1) is 0 Å². The van der Waals surface area contributed by atoms with Crippen LogP contribution in [0.4, 0.5) is 10.5 Å². The van der Waals surface area contributed by atoms with E-state index in [2.05, 4.69) is 0 Å². The molecule has 0 aliphatic carbocycles. The molecular weight excluding hydrogens is 227 g/mol. The molecule has 1 rings (SSSR count). The second-order valence-corrected chi connectivity index (χ2v) is 3.17. The number of hydrogen-bond donors (Lipinski definition) is 1. The number of hydroxylamine groups is 1. The number of rotatable bonds is 2. The fourth-order valence-corrected chi connectivity index (χ4v) is 1.33. The third-order valence-electron chi connectivity index (χ3n) is 1.53. The molecule has 76 valence electrons. The largest absolute Gasteiger partial charge is 0.349 e. The van der Waals surface area contributed by atoms with Crippen LogP contribution < -0.4 is 10.8 Å². The van der Waals surface area contributed by atoms with E-state index in [1.807, 2.05) is 0 Å². The maximum absolute atomic E-state index is 10.9. The van der Waals surface area contributed by atoms with Crippen LogP contribution in [0.25, 0.3) is 0 Å². The normalized spacial score (nSPS) is 9.93. The summed E-state index contributed by atoms with van der Waals surface area (Å²) in [4.78, 5) is 15.7. The van der Waals surface area contributed by atoms with Crippen LogP contribution in [0.1, 0.15) is 0 Å². The smallest absolute Gasteiger partial charge is 0.343 e. The predicted molar refractivity (Wildman–Crippen MR) is 55.5 cm³/mol. The van der Waals surface area contributed by atoms with E-state index in [0.717, 1.165) is 5.06 Å². The highest BCUT2D eigenvalue weighted by Crippen LogP contribution is 2.32. The van der Waals surface area contributed by atoms with Crippen LogP contribution in [0.15, 0.2) is 18.2 Å². The molecular formula is C8H8Cl2N2O2. The first-order valence-corrected chi connectivity index (χ1v) is 4.41. The molecule has 0 saturated heterocycles. The van der Waals surface area contributed by atoms with Crippen molar-refractivity contribution in [2.45, 2.75) is 0 Å². The Morgan fingerprint density at radius 3 is 2.64 bits per heavy atom. The molecule has 2 amide bonds. The summed E-state index contributed by atoms with van der Waals surface area (Å²) in [5.41, 5.74) is 5.37. The topological polar surface area (TPSA) is 55.6 Å². The van der Waals surface area contributed by atoms with Gasteiger partial charge in [-0.3, -0.25) is 4.84 Å². The minimum atomic E-state index is -0.767. The number of carbonyl (C=O) groups is 1. The second kappa shape index (κ2) is 4.50. The summed E-state index contributed by atoms with van der Waals surface area (Å²) in [7, 11) is 1.31. The molecule has 0 fully saturated rings. The van der Waals surface area contributed by atoms with Gasteiger partial charge in [0, 0.05) is 0 Å². The first kappa shape index (κ1) is 11.1. The van der Waals surface area contributed by atoms with Gasteiger partial charge in [-0.05, 0) is 12.1 Å². The highest BCUT2D eigenvalue weighted by Gasteiger charge is 2.16. The summed E-state index contributed by atoms with van der Waals surface area (Å²) >= 11 is 11.6. The molecule has 0 aliphatic rings. The first-order valence-electron chi connectivity index (χ1n) is 3.65. The Labute approximate surface area is 91.1 Å². The molecule has 0 aliphatic heterocycles. The molecule has 0 aromatic heterocycles. The zero-order chi connectivity index (χ0) is 10.7. The Balaban J connectivity index is 3.16. The second-order valence-electron chi connectivity index (χ2n) is 2.39. The summed E-state index contributed by atoms with van der Waals surface area (Å²) < 4.78 is 0. The lowest BCUT2D eigenvalue weighted by Crippen LogP contribution is -2.34. The number of halogens is 2. The van der Waals surface area contributed by atoms with Gasteiger partial charge in [-0.1, -0.05) is 29.3 Å². The molecule has 14 heavy (non-hydrogen) atoms. The molecule has 1 aromatic rings. The van der Waals surface area contributed by atoms with E-state index in [1.54, 1.807) is 18.2 Å². The van der Waals surface area contributed by atoms with E-state index < -0.39 is 6.03 Å². The molecule has 0 atom stereocenters. The van der Waals surface area contributed by atoms with Crippen molar-refractivity contribution in [3.05, 3.63) is 28.2 Å². The molecule has 0 bridgehead atoms. The van der Waals surface area contributed by atoms with Gasteiger partial charge in [0.05, 0.1) is 22.8 Å². The van der Waals surface area contributed by atoms with Crippen molar-refractivity contribution in [3.63, 3.8) is 0 Å². The van der Waals surface area contributed by atoms with E-state index in [4.69, 9.17) is 33.8 Å². The fourth-order valence-electron chi connectivity index (χ4n) is 0.956. The van der Waals surface area contributed by atoms with Crippen molar-refractivity contribution in [2.75, 3.05) is 12.2 Å². The van der Waals surface area contributed by atoms with Gasteiger partial charge in [0.25, 0.3) is 0 Å². The number of amides is 2. The van der Waals surface area contributed by atoms with Gasteiger partial charge in [-0.2, -0.15) is 5.06 Å². The molecule has 0 spiro atoms. The average Bonchev–Trinajstić information content (AvgIpc) is 2.13. The molecule has 4 nitrogen and oxygen atoms in total. The minimum Gasteiger partial charge on any atom is -0.349 e. The van der Waals surface area contributed by atoms with Crippen LogP contribution in [0, 0.1) is 0 Å². The van der Waals surface area contributed by atoms with Gasteiger partial charge >= 0.3 is 6.03 Å². The first-order chi connectivity index (χ1) is 6.57. The van der Waals surface area contributed by atoms with Gasteiger partial charge in [0.1, 0.15) is 0 Å². The third kappa shape index (κ3) is 2.09. The summed E-state index contributed by atoms with van der Waals surface area (Å²) in [6.45, 7) is 0. The molecule has 1 aromatic carbocycles. The standard InChI is InChI=1S/C8H8Cl2N2O2/c1-14-12(8(11)13)6-4-2-3-5(9)7(6)10/h2-4H,1H3,(H2,11,13). The number of hydrogen-bond acceptors (Lipinski definition) is 2. The Morgan fingerprint density at radius 1 is 1.50 bits per heavy atom. The molecule has 6 heteroatoms. The Kier molecular flexibility index (Phi) is 3.57. The Hall–Kier alpha value is -0.970. The zero-order valence-electron chi connectivity index (χ0n) is 7.33. The van der Waals surface area contributed by atoms with Crippen LogP contribution in [0.2, 0.25) is 10.0 Å². The predicted octanol–water partition coefficient (Wildman–Crippen LogP) is 2.44. The van der Waals surface area contributed by atoms with Crippen LogP contribution in [-0.4, -0.2) is 13.1 Å². The summed E-state index contributed by atoms with van der Waals surface area (Å²) in [6, 6.07) is 4.04. The van der Waals surface area contributed by atoms with Crippen LogP contribution in [0.3, 0.4) is 0 Å². The van der Waals surface area contributed by atoms with Gasteiger partial charge in [0.15, 0.2) is 0 Å². The number of urea groups is 1. The lowest BCUT2D eigenvalue weighted by Gasteiger charge is -2.18. The van der Waals surface area contributed by atoms with Gasteiger partial charge in [-0.25, -0.2) is 4.79 Å². The number of primary amides is 1. The third-order valence-corrected chi connectivity index (χ3v) is 2.34. The number of nitrogens with two attached hydrogens (primary N) is 1. The number of benzene rings is 1. The zero-order valence-corrected chi connectivity index (χ0v) is 8.84. The average molecular weight is 235 g/mol. The number of anilines is 1. The van der Waals surface area contributed by atoms with Crippen molar-refractivity contribution in [1.82, 2.24) is 0 Å². The van der Waals surface area contributed by atoms with Crippen molar-refractivity contribution in [3.8, 4) is 0 Å². The lowest BCUT2D eigenvalue weighted by atomic mass is 10.3. The summed E-state index contributed by atoms with van der Waals surface area (Å²) in [5.74, 6) is 0. The van der Waals surface area contributed by atoms with E-state index in [1.165, 1.54) is 7.11 Å². The van der Waals surface area contributed by atoms with E-state index in [9.17, 15) is 4.79 Å². The lowest BCUT2D eigenvalue weighted by molar-refractivity contribution is 0.168. The molecule has 2 N–H and O–H groups in total. The molecule has 0 unspecified atom stereocenters. The van der Waals surface area contributed by atoms with Crippen molar-refractivity contribution in [2.24, 2.45) is 5.73 Å². The van der Waals surface area contributed by atoms with Crippen LogP contribution in [-0.2, 0) is 4.84 Å². The highest BCUT2D eigenvalue weighted by atomic mass is 35.5. The number of carbonyl (C=O) groups excluding carboxylic acids is 1. The minimum absolute atomic E-state index is 0.217. The molecule has 0 saturated carbocycles. The number of nitrogens with zero attached hydrogens (tertiary/aromatic N) is 1. The summed E-state index contributed by atoms with van der Waals surface area (Å²) in [5, 5.41) is 1.40. The maximum Gasteiger partial charge on any atom is 0.343 e. The Morgan fingerprint density at radius 2 is 2.14 bits per heavy atom. The van der Waals surface area contributed by atoms with Crippen molar-refractivity contribution >= 4 is 34.9 Å². The van der Waals surface area contributed by atoms with Crippen LogP contribution >= 0.6 is 23.2 Å². The van der Waals surface area contributed by atoms with Crippen molar-refractivity contribution in [1.29, 1.82) is 0 Å². The maximum atomic E-state index is 10.9.